The molecular formula is C39H30BN3. The molecule has 1 aromatic heterocycles. The Morgan fingerprint density at radius 3 is 1.26 bits per heavy atom. The van der Waals surface area contributed by atoms with Crippen molar-refractivity contribution in [3.63, 3.8) is 0 Å². The van der Waals surface area contributed by atoms with Crippen LogP contribution in [-0.2, 0) is 10.8 Å². The van der Waals surface area contributed by atoms with Crippen molar-refractivity contribution in [2.75, 3.05) is 0 Å². The summed E-state index contributed by atoms with van der Waals surface area (Å²) >= 11 is 0. The van der Waals surface area contributed by atoms with Crippen molar-refractivity contribution in [2.45, 2.75) is 38.5 Å². The number of fused-ring (bicyclic) bond motifs is 6. The topological polar surface area (TPSA) is 38.7 Å². The Hall–Kier alpha value is -4.83. The lowest BCUT2D eigenvalue weighted by molar-refractivity contribution is 0.660. The maximum atomic E-state index is 6.02. The van der Waals surface area contributed by atoms with Crippen LogP contribution in [0.5, 0.6) is 0 Å². The van der Waals surface area contributed by atoms with E-state index in [9.17, 15) is 0 Å². The highest BCUT2D eigenvalue weighted by molar-refractivity contribution is 6.32. The van der Waals surface area contributed by atoms with Gasteiger partial charge in [-0.25, -0.2) is 15.0 Å². The monoisotopic (exact) mass is 551 g/mol. The van der Waals surface area contributed by atoms with Gasteiger partial charge in [0.15, 0.2) is 17.5 Å². The summed E-state index contributed by atoms with van der Waals surface area (Å²) in [5.41, 5.74) is 13.8. The highest BCUT2D eigenvalue weighted by Gasteiger charge is 2.36. The van der Waals surface area contributed by atoms with Gasteiger partial charge in [-0.1, -0.05) is 130 Å². The molecule has 0 saturated carbocycles. The zero-order chi connectivity index (χ0) is 29.5. The molecule has 6 aromatic rings. The van der Waals surface area contributed by atoms with Gasteiger partial charge < -0.3 is 0 Å². The molecule has 0 spiro atoms. The standard InChI is InChI=1S/C39H30BN3/c1-38(2)31-11-7-5-9-27(31)29-21-24(15-19-33(29)38)36-41-35(23-13-17-26(40)18-14-23)42-37(43-36)25-16-20-34-30(22-25)28-10-6-8-12-32(28)39(34,3)4/h5-22H,1-4H3. The summed E-state index contributed by atoms with van der Waals surface area (Å²) in [6.07, 6.45) is 0. The molecule has 0 unspecified atom stereocenters. The average Bonchev–Trinajstić information content (AvgIpc) is 3.40. The second-order valence-electron chi connectivity index (χ2n) is 12.8. The third-order valence-corrected chi connectivity index (χ3v) is 9.49. The lowest BCUT2D eigenvalue weighted by Gasteiger charge is -2.21. The lowest BCUT2D eigenvalue weighted by atomic mass is 9.82. The molecule has 43 heavy (non-hydrogen) atoms. The van der Waals surface area contributed by atoms with Crippen LogP contribution in [0.1, 0.15) is 49.9 Å². The van der Waals surface area contributed by atoms with E-state index in [1.165, 1.54) is 44.5 Å². The van der Waals surface area contributed by atoms with Crippen LogP contribution in [-0.4, -0.2) is 22.8 Å². The molecule has 0 aliphatic heterocycles. The molecule has 5 aromatic carbocycles. The van der Waals surface area contributed by atoms with E-state index in [2.05, 4.69) is 113 Å². The second kappa shape index (κ2) is 9.09. The fraction of sp³-hybridized carbons (Fsp3) is 0.154. The van der Waals surface area contributed by atoms with Gasteiger partial charge in [-0.15, -0.1) is 0 Å². The van der Waals surface area contributed by atoms with Gasteiger partial charge in [0.2, 0.25) is 0 Å². The Kier molecular flexibility index (Phi) is 5.46. The molecular weight excluding hydrogens is 521 g/mol. The molecule has 0 saturated heterocycles. The van der Waals surface area contributed by atoms with Crippen molar-refractivity contribution >= 4 is 13.3 Å². The van der Waals surface area contributed by atoms with Crippen LogP contribution in [0.2, 0.25) is 0 Å². The fourth-order valence-electron chi connectivity index (χ4n) is 7.11. The molecule has 2 aliphatic rings. The first kappa shape index (κ1) is 25.9. The minimum Gasteiger partial charge on any atom is -0.208 e. The first-order valence-corrected chi connectivity index (χ1v) is 14.8. The van der Waals surface area contributed by atoms with Gasteiger partial charge in [0.25, 0.3) is 0 Å². The van der Waals surface area contributed by atoms with Gasteiger partial charge in [0.1, 0.15) is 7.85 Å². The fourth-order valence-corrected chi connectivity index (χ4v) is 7.11. The van der Waals surface area contributed by atoms with Crippen molar-refractivity contribution in [1.29, 1.82) is 0 Å². The Morgan fingerprint density at radius 1 is 0.419 bits per heavy atom. The molecule has 0 atom stereocenters. The summed E-state index contributed by atoms with van der Waals surface area (Å²) in [6.45, 7) is 9.19. The molecule has 1 heterocycles. The van der Waals surface area contributed by atoms with Crippen molar-refractivity contribution in [2.24, 2.45) is 0 Å². The van der Waals surface area contributed by atoms with E-state index in [4.69, 9.17) is 22.8 Å². The normalized spacial score (nSPS) is 15.0. The first-order chi connectivity index (χ1) is 20.7. The number of benzene rings is 5. The summed E-state index contributed by atoms with van der Waals surface area (Å²) in [7, 11) is 6.02. The van der Waals surface area contributed by atoms with Crippen LogP contribution in [0, 0.1) is 0 Å². The minimum absolute atomic E-state index is 0.0572. The average molecular weight is 552 g/mol. The van der Waals surface area contributed by atoms with Gasteiger partial charge in [-0.05, 0) is 56.6 Å². The quantitative estimate of drug-likeness (QED) is 0.208. The highest BCUT2D eigenvalue weighted by atomic mass is 15.0. The number of aromatic nitrogens is 3. The largest absolute Gasteiger partial charge is 0.208 e. The maximum Gasteiger partial charge on any atom is 0.164 e. The van der Waals surface area contributed by atoms with Gasteiger partial charge in [0.05, 0.1) is 0 Å². The minimum atomic E-state index is -0.0572. The molecule has 0 fully saturated rings. The van der Waals surface area contributed by atoms with Crippen molar-refractivity contribution < 1.29 is 0 Å². The highest BCUT2D eigenvalue weighted by Crippen LogP contribution is 2.50. The van der Waals surface area contributed by atoms with Gasteiger partial charge in [-0.3, -0.25) is 0 Å². The number of hydrogen-bond donors (Lipinski definition) is 0. The molecule has 0 N–H and O–H groups in total. The molecule has 0 bridgehead atoms. The van der Waals surface area contributed by atoms with Crippen LogP contribution in [0.15, 0.2) is 109 Å². The molecule has 204 valence electrons. The summed E-state index contributed by atoms with van der Waals surface area (Å²) < 4.78 is 0. The van der Waals surface area contributed by atoms with E-state index in [0.717, 1.165) is 16.7 Å². The van der Waals surface area contributed by atoms with Crippen LogP contribution >= 0.6 is 0 Å². The SMILES string of the molecule is [B]c1ccc(-c2nc(-c3ccc4c(c3)-c3ccccc3C4(C)C)nc(-c3ccc4c(c3)-c3ccccc3C4(C)C)n2)cc1. The van der Waals surface area contributed by atoms with Crippen molar-refractivity contribution in [1.82, 2.24) is 15.0 Å². The predicted octanol–water partition coefficient (Wildman–Crippen LogP) is 8.28. The van der Waals surface area contributed by atoms with Crippen molar-refractivity contribution in [3.05, 3.63) is 131 Å². The molecule has 8 rings (SSSR count). The molecule has 2 aliphatic carbocycles. The Morgan fingerprint density at radius 2 is 0.791 bits per heavy atom. The zero-order valence-electron chi connectivity index (χ0n) is 24.8. The third kappa shape index (κ3) is 3.86. The molecule has 0 amide bonds. The Bertz CT molecular complexity index is 1960. The summed E-state index contributed by atoms with van der Waals surface area (Å²) in [6, 6.07) is 38.4. The van der Waals surface area contributed by atoms with E-state index < -0.39 is 0 Å². The van der Waals surface area contributed by atoms with E-state index in [1.807, 2.05) is 24.3 Å². The summed E-state index contributed by atoms with van der Waals surface area (Å²) in [4.78, 5) is 15.1. The van der Waals surface area contributed by atoms with E-state index in [0.29, 0.717) is 22.9 Å². The van der Waals surface area contributed by atoms with Crippen LogP contribution in [0.3, 0.4) is 0 Å². The summed E-state index contributed by atoms with van der Waals surface area (Å²) in [5, 5.41) is 0. The third-order valence-electron chi connectivity index (χ3n) is 9.49. The zero-order valence-corrected chi connectivity index (χ0v) is 24.8. The Balaban J connectivity index is 1.32. The van der Waals surface area contributed by atoms with Crippen LogP contribution in [0.25, 0.3) is 56.4 Å². The van der Waals surface area contributed by atoms with Gasteiger partial charge in [0, 0.05) is 27.5 Å². The lowest BCUT2D eigenvalue weighted by Crippen LogP contribution is -2.14. The molecule has 4 heteroatoms. The van der Waals surface area contributed by atoms with Crippen LogP contribution < -0.4 is 5.46 Å². The molecule has 3 nitrogen and oxygen atoms in total. The number of hydrogen-bond acceptors (Lipinski definition) is 3. The first-order valence-electron chi connectivity index (χ1n) is 14.8. The number of nitrogens with zero attached hydrogens (tertiary/aromatic N) is 3. The second-order valence-corrected chi connectivity index (χ2v) is 12.8. The summed E-state index contributed by atoms with van der Waals surface area (Å²) in [5.74, 6) is 1.94. The predicted molar refractivity (Wildman–Crippen MR) is 177 cm³/mol. The van der Waals surface area contributed by atoms with E-state index in [1.54, 1.807) is 0 Å². The Labute approximate surface area is 254 Å². The smallest absolute Gasteiger partial charge is 0.164 e. The van der Waals surface area contributed by atoms with E-state index in [-0.39, 0.29) is 10.8 Å². The van der Waals surface area contributed by atoms with E-state index >= 15 is 0 Å². The van der Waals surface area contributed by atoms with Crippen LogP contribution in [0.4, 0.5) is 0 Å². The van der Waals surface area contributed by atoms with Gasteiger partial charge in [-0.2, -0.15) is 0 Å². The van der Waals surface area contributed by atoms with Gasteiger partial charge >= 0.3 is 0 Å². The molecule has 2 radical (unpaired) electrons. The maximum absolute atomic E-state index is 6.02. The van der Waals surface area contributed by atoms with Crippen molar-refractivity contribution in [3.8, 4) is 56.4 Å². The number of rotatable bonds is 3.